The lowest BCUT2D eigenvalue weighted by molar-refractivity contribution is 0.0273. The summed E-state index contributed by atoms with van der Waals surface area (Å²) in [4.78, 5) is 0. The summed E-state index contributed by atoms with van der Waals surface area (Å²) in [6, 6.07) is 5.90. The van der Waals surface area contributed by atoms with Crippen LogP contribution in [0.5, 0.6) is 5.75 Å². The molecule has 0 amide bonds. The van der Waals surface area contributed by atoms with E-state index >= 15 is 0 Å². The molecule has 0 saturated heterocycles. The Morgan fingerprint density at radius 2 is 2.10 bits per heavy atom. The van der Waals surface area contributed by atoms with Crippen LogP contribution in [0.15, 0.2) is 34.3 Å². The number of hydrogen-bond acceptors (Lipinski definition) is 2. The van der Waals surface area contributed by atoms with Crippen LogP contribution in [0, 0.1) is 11.8 Å². The first-order valence-electron chi connectivity index (χ1n) is 7.34. The molecular weight excluding hydrogens is 316 g/mol. The number of aliphatic hydroxyl groups is 1. The van der Waals surface area contributed by atoms with E-state index in [1.165, 1.54) is 5.57 Å². The van der Waals surface area contributed by atoms with Crippen molar-refractivity contribution in [3.05, 3.63) is 39.9 Å². The van der Waals surface area contributed by atoms with Crippen LogP contribution >= 0.6 is 15.9 Å². The van der Waals surface area contributed by atoms with Gasteiger partial charge in [-0.05, 0) is 43.9 Å². The van der Waals surface area contributed by atoms with E-state index in [0.717, 1.165) is 28.6 Å². The summed E-state index contributed by atoms with van der Waals surface area (Å²) in [6.45, 7) is 4.47. The molecule has 0 aromatic heterocycles. The molecule has 3 heteroatoms. The Balaban J connectivity index is 1.81. The minimum atomic E-state index is -0.414. The summed E-state index contributed by atoms with van der Waals surface area (Å²) in [5.74, 6) is 1.97. The van der Waals surface area contributed by atoms with E-state index in [4.69, 9.17) is 4.74 Å². The minimum Gasteiger partial charge on any atom is -0.490 e. The van der Waals surface area contributed by atoms with Crippen LogP contribution < -0.4 is 4.74 Å². The molecule has 3 unspecified atom stereocenters. The lowest BCUT2D eigenvalue weighted by atomic mass is 9.78. The van der Waals surface area contributed by atoms with Crippen LogP contribution in [0.4, 0.5) is 0 Å². The predicted octanol–water partition coefficient (Wildman–Crippen LogP) is 4.63. The first-order valence-corrected chi connectivity index (χ1v) is 8.13. The molecule has 0 saturated carbocycles. The number of ether oxygens (including phenoxy) is 1. The zero-order valence-electron chi connectivity index (χ0n) is 12.0. The van der Waals surface area contributed by atoms with Gasteiger partial charge in [-0.15, -0.1) is 0 Å². The molecule has 1 aliphatic heterocycles. The molecule has 1 heterocycles. The highest BCUT2D eigenvalue weighted by Crippen LogP contribution is 2.42. The molecule has 2 aliphatic rings. The van der Waals surface area contributed by atoms with Gasteiger partial charge in [0, 0.05) is 22.4 Å². The van der Waals surface area contributed by atoms with Crippen molar-refractivity contribution in [1.29, 1.82) is 0 Å². The Morgan fingerprint density at radius 3 is 2.85 bits per heavy atom. The Bertz CT molecular complexity index is 538. The molecule has 4 atom stereocenters. The molecule has 2 nitrogen and oxygen atoms in total. The molecule has 0 bridgehead atoms. The summed E-state index contributed by atoms with van der Waals surface area (Å²) in [5, 5.41) is 10.4. The van der Waals surface area contributed by atoms with Crippen molar-refractivity contribution < 1.29 is 9.84 Å². The van der Waals surface area contributed by atoms with Crippen molar-refractivity contribution >= 4 is 15.9 Å². The van der Waals surface area contributed by atoms with Gasteiger partial charge >= 0.3 is 0 Å². The summed E-state index contributed by atoms with van der Waals surface area (Å²) in [6.07, 6.45) is 5.02. The molecule has 3 rings (SSSR count). The fourth-order valence-electron chi connectivity index (χ4n) is 3.61. The van der Waals surface area contributed by atoms with Crippen LogP contribution in [0.2, 0.25) is 0 Å². The second kappa shape index (κ2) is 5.53. The maximum Gasteiger partial charge on any atom is 0.125 e. The van der Waals surface area contributed by atoms with Gasteiger partial charge in [0.2, 0.25) is 0 Å². The van der Waals surface area contributed by atoms with Crippen molar-refractivity contribution in [2.75, 3.05) is 0 Å². The molecule has 1 N–H and O–H groups in total. The topological polar surface area (TPSA) is 29.5 Å². The van der Waals surface area contributed by atoms with E-state index in [-0.39, 0.29) is 6.10 Å². The average Bonchev–Trinajstić information content (AvgIpc) is 2.38. The van der Waals surface area contributed by atoms with Crippen LogP contribution in [0.25, 0.3) is 0 Å². The van der Waals surface area contributed by atoms with Crippen molar-refractivity contribution in [2.24, 2.45) is 11.8 Å². The largest absolute Gasteiger partial charge is 0.490 e. The van der Waals surface area contributed by atoms with Gasteiger partial charge in [0.25, 0.3) is 0 Å². The van der Waals surface area contributed by atoms with Gasteiger partial charge in [0.05, 0.1) is 6.10 Å². The van der Waals surface area contributed by atoms with E-state index in [1.807, 2.05) is 18.2 Å². The fourth-order valence-corrected chi connectivity index (χ4v) is 3.99. The quantitative estimate of drug-likeness (QED) is 0.758. The Kier molecular flexibility index (Phi) is 3.91. The summed E-state index contributed by atoms with van der Waals surface area (Å²) in [5.41, 5.74) is 2.36. The minimum absolute atomic E-state index is 0.129. The number of rotatable bonds is 1. The highest BCUT2D eigenvalue weighted by Gasteiger charge is 2.34. The molecule has 0 spiro atoms. The number of benzene rings is 1. The van der Waals surface area contributed by atoms with Crippen molar-refractivity contribution in [2.45, 2.75) is 45.3 Å². The molecule has 0 radical (unpaired) electrons. The van der Waals surface area contributed by atoms with E-state index < -0.39 is 6.10 Å². The molecule has 1 aliphatic carbocycles. The third-order valence-electron chi connectivity index (χ3n) is 4.42. The SMILES string of the molecule is CC1=CC(C)CC(C2C[C@@H](O)c3cc(Br)ccc3O2)C1. The zero-order valence-corrected chi connectivity index (χ0v) is 13.6. The number of hydrogen-bond donors (Lipinski definition) is 1. The molecule has 108 valence electrons. The van der Waals surface area contributed by atoms with Crippen LogP contribution in [0.3, 0.4) is 0 Å². The van der Waals surface area contributed by atoms with Gasteiger partial charge in [-0.1, -0.05) is 34.5 Å². The normalized spacial score (nSPS) is 33.1. The van der Waals surface area contributed by atoms with E-state index in [1.54, 1.807) is 0 Å². The Morgan fingerprint density at radius 1 is 1.30 bits per heavy atom. The standard InChI is InChI=1S/C17H21BrO2/c1-10-5-11(2)7-12(6-10)17-9-15(19)14-8-13(18)3-4-16(14)20-17/h3-5,8,10,12,15,17,19H,6-7,9H2,1-2H3/t10?,12?,15-,17?/m1/s1. The number of allylic oxidation sites excluding steroid dienone is 2. The first kappa shape index (κ1) is 14.2. The molecule has 20 heavy (non-hydrogen) atoms. The predicted molar refractivity (Wildman–Crippen MR) is 83.8 cm³/mol. The molecule has 0 fully saturated rings. The van der Waals surface area contributed by atoms with Crippen molar-refractivity contribution in [3.8, 4) is 5.75 Å². The lowest BCUT2D eigenvalue weighted by Crippen LogP contribution is -2.35. The highest BCUT2D eigenvalue weighted by atomic mass is 79.9. The van der Waals surface area contributed by atoms with Gasteiger partial charge < -0.3 is 9.84 Å². The second-order valence-electron chi connectivity index (χ2n) is 6.28. The second-order valence-corrected chi connectivity index (χ2v) is 7.20. The fraction of sp³-hybridized carbons (Fsp3) is 0.529. The first-order chi connectivity index (χ1) is 9.52. The highest BCUT2D eigenvalue weighted by molar-refractivity contribution is 9.10. The van der Waals surface area contributed by atoms with Crippen LogP contribution in [-0.4, -0.2) is 11.2 Å². The smallest absolute Gasteiger partial charge is 0.125 e. The maximum atomic E-state index is 10.4. The van der Waals surface area contributed by atoms with E-state index in [0.29, 0.717) is 18.3 Å². The molecule has 1 aromatic rings. The van der Waals surface area contributed by atoms with Crippen molar-refractivity contribution in [1.82, 2.24) is 0 Å². The van der Waals surface area contributed by atoms with Gasteiger partial charge in [-0.3, -0.25) is 0 Å². The Hall–Kier alpha value is -0.800. The van der Waals surface area contributed by atoms with E-state index in [2.05, 4.69) is 35.9 Å². The number of fused-ring (bicyclic) bond motifs is 1. The van der Waals surface area contributed by atoms with Gasteiger partial charge in [0.1, 0.15) is 11.9 Å². The lowest BCUT2D eigenvalue weighted by Gasteiger charge is -2.37. The van der Waals surface area contributed by atoms with Gasteiger partial charge in [0.15, 0.2) is 0 Å². The third kappa shape index (κ3) is 2.79. The average molecular weight is 337 g/mol. The van der Waals surface area contributed by atoms with Crippen LogP contribution in [0.1, 0.15) is 44.8 Å². The molecule has 1 aromatic carbocycles. The van der Waals surface area contributed by atoms with Crippen molar-refractivity contribution in [3.63, 3.8) is 0 Å². The number of aliphatic hydroxyl groups excluding tert-OH is 1. The third-order valence-corrected chi connectivity index (χ3v) is 4.91. The number of halogens is 1. The summed E-state index contributed by atoms with van der Waals surface area (Å²) < 4.78 is 7.17. The summed E-state index contributed by atoms with van der Waals surface area (Å²) in [7, 11) is 0. The Labute approximate surface area is 129 Å². The van der Waals surface area contributed by atoms with E-state index in [9.17, 15) is 5.11 Å². The zero-order chi connectivity index (χ0) is 14.3. The van der Waals surface area contributed by atoms with Gasteiger partial charge in [-0.25, -0.2) is 0 Å². The van der Waals surface area contributed by atoms with Crippen LogP contribution in [-0.2, 0) is 0 Å². The molecular formula is C17H21BrO2. The summed E-state index contributed by atoms with van der Waals surface area (Å²) >= 11 is 3.45. The monoisotopic (exact) mass is 336 g/mol. The van der Waals surface area contributed by atoms with Gasteiger partial charge in [-0.2, -0.15) is 0 Å². The maximum absolute atomic E-state index is 10.4.